The van der Waals surface area contributed by atoms with Gasteiger partial charge in [-0.25, -0.2) is 0 Å². The topological polar surface area (TPSA) is 48.3 Å². The minimum Gasteiger partial charge on any atom is -0.468 e. The average molecular weight is 360 g/mol. The third-order valence-corrected chi connectivity index (χ3v) is 5.16. The van der Waals surface area contributed by atoms with Crippen LogP contribution >= 0.6 is 11.6 Å². The molecule has 1 aromatic heterocycles. The molecule has 1 unspecified atom stereocenters. The highest BCUT2D eigenvalue weighted by atomic mass is 35.5. The van der Waals surface area contributed by atoms with Gasteiger partial charge in [-0.1, -0.05) is 43.1 Å². The van der Waals surface area contributed by atoms with E-state index in [4.69, 9.17) is 16.3 Å². The van der Waals surface area contributed by atoms with Crippen molar-refractivity contribution < 1.29 is 14.3 Å². The molecule has 25 heavy (non-hydrogen) atoms. The van der Waals surface area contributed by atoms with Crippen LogP contribution in [0.3, 0.4) is 0 Å². The molecule has 2 heterocycles. The minimum atomic E-state index is -1.31. The van der Waals surface area contributed by atoms with Crippen LogP contribution in [0, 0.1) is 0 Å². The zero-order valence-corrected chi connectivity index (χ0v) is 15.3. The molecule has 0 saturated carbocycles. The van der Waals surface area contributed by atoms with Gasteiger partial charge in [0.25, 0.3) is 0 Å². The lowest BCUT2D eigenvalue weighted by molar-refractivity contribution is -0.145. The summed E-state index contributed by atoms with van der Waals surface area (Å²) in [6.07, 6.45) is 5.23. The molecule has 0 amide bonds. The summed E-state index contributed by atoms with van der Waals surface area (Å²) in [5, 5.41) is 0.521. The fourth-order valence-electron chi connectivity index (χ4n) is 3.64. The number of benzene rings is 1. The molecule has 1 aliphatic rings. The first-order chi connectivity index (χ1) is 12.0. The number of hydrogen-bond donors (Lipinski definition) is 0. The van der Waals surface area contributed by atoms with Gasteiger partial charge in [-0.15, -0.1) is 0 Å². The third kappa shape index (κ3) is 2.99. The van der Waals surface area contributed by atoms with Crippen molar-refractivity contribution in [2.75, 3.05) is 7.11 Å². The SMILES string of the molecule is CCCCc1cccc(C(=O)C2(C(=O)OC)CCn3cc(Cl)cc32)c1. The first-order valence-electron chi connectivity index (χ1n) is 8.61. The van der Waals surface area contributed by atoms with Crippen molar-refractivity contribution in [1.29, 1.82) is 0 Å². The van der Waals surface area contributed by atoms with Crippen LogP contribution in [0.25, 0.3) is 0 Å². The van der Waals surface area contributed by atoms with E-state index in [1.807, 2.05) is 22.8 Å². The van der Waals surface area contributed by atoms with Crippen molar-refractivity contribution in [3.05, 3.63) is 58.4 Å². The Morgan fingerprint density at radius 2 is 2.12 bits per heavy atom. The molecule has 3 rings (SSSR count). The standard InChI is InChI=1S/C20H22ClNO3/c1-3-4-6-14-7-5-8-15(11-14)18(23)20(19(24)25-2)9-10-22-13-16(21)12-17(20)22/h5,7-8,11-13H,3-4,6,9-10H2,1-2H3. The monoisotopic (exact) mass is 359 g/mol. The summed E-state index contributed by atoms with van der Waals surface area (Å²) in [6.45, 7) is 2.70. The number of carbonyl (C=O) groups is 2. The average Bonchev–Trinajstić information content (AvgIpc) is 3.16. The van der Waals surface area contributed by atoms with E-state index in [1.165, 1.54) is 7.11 Å². The lowest BCUT2D eigenvalue weighted by atomic mass is 9.76. The Balaban J connectivity index is 2.04. The van der Waals surface area contributed by atoms with Gasteiger partial charge in [0.15, 0.2) is 11.2 Å². The molecule has 0 saturated heterocycles. The van der Waals surface area contributed by atoms with Crippen molar-refractivity contribution in [2.24, 2.45) is 0 Å². The van der Waals surface area contributed by atoms with E-state index in [2.05, 4.69) is 6.92 Å². The highest BCUT2D eigenvalue weighted by molar-refractivity contribution is 6.31. The minimum absolute atomic E-state index is 0.216. The summed E-state index contributed by atoms with van der Waals surface area (Å²) >= 11 is 6.10. The second kappa shape index (κ2) is 7.04. The number of nitrogens with zero attached hydrogens (tertiary/aromatic N) is 1. The highest BCUT2D eigenvalue weighted by Gasteiger charge is 2.53. The van der Waals surface area contributed by atoms with Gasteiger partial charge in [-0.3, -0.25) is 9.59 Å². The second-order valence-corrected chi connectivity index (χ2v) is 6.95. The summed E-state index contributed by atoms with van der Waals surface area (Å²) in [5.41, 5.74) is 0.961. The van der Waals surface area contributed by atoms with Gasteiger partial charge >= 0.3 is 5.97 Å². The fourth-order valence-corrected chi connectivity index (χ4v) is 3.86. The molecule has 0 spiro atoms. The molecule has 0 radical (unpaired) electrons. The van der Waals surface area contributed by atoms with Gasteiger partial charge in [0, 0.05) is 24.0 Å². The number of halogens is 1. The van der Waals surface area contributed by atoms with E-state index >= 15 is 0 Å². The zero-order chi connectivity index (χ0) is 18.0. The van der Waals surface area contributed by atoms with Crippen LogP contribution in [0.5, 0.6) is 0 Å². The number of rotatable bonds is 6. The van der Waals surface area contributed by atoms with Gasteiger partial charge < -0.3 is 9.30 Å². The van der Waals surface area contributed by atoms with Crippen molar-refractivity contribution in [3.63, 3.8) is 0 Å². The Bertz CT molecular complexity index is 811. The number of fused-ring (bicyclic) bond motifs is 1. The number of esters is 1. The molecule has 5 heteroatoms. The van der Waals surface area contributed by atoms with Crippen LogP contribution in [-0.4, -0.2) is 23.4 Å². The normalized spacial score (nSPS) is 18.8. The van der Waals surface area contributed by atoms with Crippen molar-refractivity contribution >= 4 is 23.4 Å². The van der Waals surface area contributed by atoms with Gasteiger partial charge in [0.05, 0.1) is 12.1 Å². The lowest BCUT2D eigenvalue weighted by Crippen LogP contribution is -2.43. The van der Waals surface area contributed by atoms with E-state index in [9.17, 15) is 9.59 Å². The molecule has 2 aromatic rings. The quantitative estimate of drug-likeness (QED) is 0.441. The fraction of sp³-hybridized carbons (Fsp3) is 0.400. The van der Waals surface area contributed by atoms with E-state index in [1.54, 1.807) is 18.3 Å². The molecule has 1 atom stereocenters. The summed E-state index contributed by atoms with van der Waals surface area (Å²) in [6, 6.07) is 9.27. The maximum Gasteiger partial charge on any atom is 0.325 e. The van der Waals surface area contributed by atoms with E-state index in [0.29, 0.717) is 29.2 Å². The van der Waals surface area contributed by atoms with Gasteiger partial charge in [0.2, 0.25) is 0 Å². The number of aromatic nitrogens is 1. The largest absolute Gasteiger partial charge is 0.468 e. The smallest absolute Gasteiger partial charge is 0.325 e. The molecule has 4 nitrogen and oxygen atoms in total. The Morgan fingerprint density at radius 1 is 1.32 bits per heavy atom. The molecule has 0 N–H and O–H groups in total. The van der Waals surface area contributed by atoms with Crippen LogP contribution in [0.2, 0.25) is 5.02 Å². The zero-order valence-electron chi connectivity index (χ0n) is 14.5. The number of hydrogen-bond acceptors (Lipinski definition) is 3. The first-order valence-corrected chi connectivity index (χ1v) is 8.99. The number of carbonyl (C=O) groups excluding carboxylic acids is 2. The molecule has 132 valence electrons. The van der Waals surface area contributed by atoms with Crippen LogP contribution in [-0.2, 0) is 27.9 Å². The number of aryl methyl sites for hydroxylation is 2. The van der Waals surface area contributed by atoms with Crippen LogP contribution < -0.4 is 0 Å². The predicted molar refractivity (Wildman–Crippen MR) is 97.1 cm³/mol. The van der Waals surface area contributed by atoms with Crippen LogP contribution in [0.1, 0.15) is 47.8 Å². The Kier molecular flexibility index (Phi) is 5.00. The Morgan fingerprint density at radius 3 is 2.84 bits per heavy atom. The molecule has 0 aliphatic carbocycles. The van der Waals surface area contributed by atoms with Crippen LogP contribution in [0.15, 0.2) is 36.5 Å². The maximum atomic E-state index is 13.4. The molecule has 0 fully saturated rings. The van der Waals surface area contributed by atoms with Crippen molar-refractivity contribution in [2.45, 2.75) is 44.6 Å². The number of unbranched alkanes of at least 4 members (excludes halogenated alkanes) is 1. The highest BCUT2D eigenvalue weighted by Crippen LogP contribution is 2.41. The number of ether oxygens (including phenoxy) is 1. The van der Waals surface area contributed by atoms with Crippen molar-refractivity contribution in [1.82, 2.24) is 4.57 Å². The first kappa shape index (κ1) is 17.7. The van der Waals surface area contributed by atoms with Gasteiger partial charge in [-0.2, -0.15) is 0 Å². The predicted octanol–water partition coefficient (Wildman–Crippen LogP) is 4.18. The van der Waals surface area contributed by atoms with Gasteiger partial charge in [0.1, 0.15) is 0 Å². The molecule has 0 bridgehead atoms. The lowest BCUT2D eigenvalue weighted by Gasteiger charge is -2.24. The van der Waals surface area contributed by atoms with Crippen LogP contribution in [0.4, 0.5) is 0 Å². The summed E-state index contributed by atoms with van der Waals surface area (Å²) < 4.78 is 6.90. The van der Waals surface area contributed by atoms with E-state index in [0.717, 1.165) is 24.8 Å². The van der Waals surface area contributed by atoms with E-state index < -0.39 is 11.4 Å². The number of ketones is 1. The van der Waals surface area contributed by atoms with E-state index in [-0.39, 0.29) is 5.78 Å². The van der Waals surface area contributed by atoms with Crippen molar-refractivity contribution in [3.8, 4) is 0 Å². The Labute approximate surface area is 152 Å². The van der Waals surface area contributed by atoms with Gasteiger partial charge in [-0.05, 0) is 37.0 Å². The summed E-state index contributed by atoms with van der Waals surface area (Å²) in [5.74, 6) is -0.740. The molecule has 1 aromatic carbocycles. The maximum absolute atomic E-state index is 13.4. The number of methoxy groups -OCH3 is 1. The summed E-state index contributed by atoms with van der Waals surface area (Å²) in [7, 11) is 1.32. The molecular formula is C20H22ClNO3. The third-order valence-electron chi connectivity index (χ3n) is 4.96. The molecular weight excluding hydrogens is 338 g/mol. The summed E-state index contributed by atoms with van der Waals surface area (Å²) in [4.78, 5) is 26.1. The second-order valence-electron chi connectivity index (χ2n) is 6.52. The molecule has 1 aliphatic heterocycles. The number of Topliss-reactive ketones (excluding diaryl/α,β-unsaturated/α-hetero) is 1. The Hall–Kier alpha value is -2.07.